The Labute approximate surface area is 99.7 Å². The summed E-state index contributed by atoms with van der Waals surface area (Å²) in [7, 11) is 0. The maximum Gasteiger partial charge on any atom is 0.257 e. The highest BCUT2D eigenvalue weighted by molar-refractivity contribution is 14.1. The number of carbonyl (C=O) groups is 1. The second-order valence-electron chi connectivity index (χ2n) is 2.27. The molecule has 0 fully saturated rings. The fourth-order valence-electron chi connectivity index (χ4n) is 0.750. The summed E-state index contributed by atoms with van der Waals surface area (Å²) in [4.78, 5) is 10.1. The van der Waals surface area contributed by atoms with Crippen LogP contribution in [0, 0.1) is 3.57 Å². The Balaban J connectivity index is 2.75. The van der Waals surface area contributed by atoms with E-state index in [1.54, 1.807) is 6.07 Å². The zero-order valence-electron chi connectivity index (χ0n) is 6.43. The van der Waals surface area contributed by atoms with Gasteiger partial charge in [0.05, 0.1) is 5.69 Å². The van der Waals surface area contributed by atoms with Crippen LogP contribution < -0.4 is 5.32 Å². The maximum atomic E-state index is 11.1. The first-order chi connectivity index (χ1) is 6.11. The summed E-state index contributed by atoms with van der Waals surface area (Å²) in [6.45, 7) is 0. The van der Waals surface area contributed by atoms with Crippen LogP contribution in [0.25, 0.3) is 0 Å². The monoisotopic (exact) mass is 329 g/mol. The molecule has 0 bridgehead atoms. The van der Waals surface area contributed by atoms with Crippen LogP contribution in [0.2, 0.25) is 0 Å². The maximum absolute atomic E-state index is 11.1. The predicted octanol–water partition coefficient (Wildman–Crippen LogP) is 3.03. The Kier molecular flexibility index (Phi) is 4.28. The zero-order valence-corrected chi connectivity index (χ0v) is 10.1. The standard InChI is InChI=1S/C8H6Cl2INO/c9-7(10)8(13)12-6-4-2-1-3-5(6)11/h1-4,7H,(H,12,13). The molecule has 0 heterocycles. The van der Waals surface area contributed by atoms with Gasteiger partial charge in [-0.05, 0) is 34.7 Å². The molecule has 1 rings (SSSR count). The number of amides is 1. The normalized spacial score (nSPS) is 10.2. The summed E-state index contributed by atoms with van der Waals surface area (Å²) in [5.74, 6) is -0.410. The van der Waals surface area contributed by atoms with Crippen LogP contribution in [0.1, 0.15) is 0 Å². The van der Waals surface area contributed by atoms with Crippen LogP contribution in [0.3, 0.4) is 0 Å². The van der Waals surface area contributed by atoms with E-state index in [1.807, 2.05) is 18.2 Å². The molecule has 0 spiro atoms. The summed E-state index contributed by atoms with van der Waals surface area (Å²) in [5, 5.41) is 2.60. The van der Waals surface area contributed by atoms with Crippen molar-refractivity contribution >= 4 is 57.4 Å². The third kappa shape index (κ3) is 3.32. The molecule has 0 aromatic heterocycles. The molecule has 0 saturated carbocycles. The molecule has 0 atom stereocenters. The van der Waals surface area contributed by atoms with E-state index in [0.717, 1.165) is 9.26 Å². The smallest absolute Gasteiger partial charge is 0.257 e. The van der Waals surface area contributed by atoms with E-state index >= 15 is 0 Å². The minimum Gasteiger partial charge on any atom is -0.323 e. The topological polar surface area (TPSA) is 29.1 Å². The van der Waals surface area contributed by atoms with Gasteiger partial charge in [-0.3, -0.25) is 4.79 Å². The largest absolute Gasteiger partial charge is 0.323 e. The molecule has 70 valence electrons. The Morgan fingerprint density at radius 3 is 2.54 bits per heavy atom. The molecule has 1 amide bonds. The van der Waals surface area contributed by atoms with Crippen molar-refractivity contribution in [2.75, 3.05) is 5.32 Å². The molecule has 0 aliphatic heterocycles. The Morgan fingerprint density at radius 1 is 1.38 bits per heavy atom. The number of benzene rings is 1. The Hall–Kier alpha value is -0.000000000000000111. The molecule has 0 unspecified atom stereocenters. The second-order valence-corrected chi connectivity index (χ2v) is 4.53. The number of hydrogen-bond acceptors (Lipinski definition) is 1. The van der Waals surface area contributed by atoms with Crippen molar-refractivity contribution in [1.29, 1.82) is 0 Å². The first-order valence-corrected chi connectivity index (χ1v) is 5.40. The van der Waals surface area contributed by atoms with Crippen molar-refractivity contribution in [2.24, 2.45) is 0 Å². The van der Waals surface area contributed by atoms with Gasteiger partial charge in [0.15, 0.2) is 4.84 Å². The van der Waals surface area contributed by atoms with Crippen molar-refractivity contribution in [2.45, 2.75) is 4.84 Å². The van der Waals surface area contributed by atoms with Crippen molar-refractivity contribution in [3.05, 3.63) is 27.8 Å². The highest BCUT2D eigenvalue weighted by Gasteiger charge is 2.11. The molecule has 2 nitrogen and oxygen atoms in total. The number of rotatable bonds is 2. The summed E-state index contributed by atoms with van der Waals surface area (Å²) in [5.41, 5.74) is 0.722. The average molecular weight is 330 g/mol. The molecule has 1 aromatic carbocycles. The summed E-state index contributed by atoms with van der Waals surface area (Å²) >= 11 is 12.9. The van der Waals surface area contributed by atoms with Gasteiger partial charge in [-0.1, -0.05) is 35.3 Å². The first-order valence-electron chi connectivity index (χ1n) is 3.45. The van der Waals surface area contributed by atoms with Gasteiger partial charge in [-0.25, -0.2) is 0 Å². The van der Waals surface area contributed by atoms with E-state index in [-0.39, 0.29) is 0 Å². The molecular formula is C8H6Cl2INO. The first kappa shape index (κ1) is 11.1. The molecule has 5 heteroatoms. The van der Waals surface area contributed by atoms with Crippen LogP contribution in [0.15, 0.2) is 24.3 Å². The average Bonchev–Trinajstić information content (AvgIpc) is 2.08. The number of carbonyl (C=O) groups excluding carboxylic acids is 1. The number of halogens is 3. The van der Waals surface area contributed by atoms with Gasteiger partial charge in [0.2, 0.25) is 0 Å². The minimum atomic E-state index is -1.03. The van der Waals surface area contributed by atoms with Crippen LogP contribution in [-0.4, -0.2) is 10.7 Å². The van der Waals surface area contributed by atoms with Gasteiger partial charge in [0.25, 0.3) is 5.91 Å². The summed E-state index contributed by atoms with van der Waals surface area (Å²) in [6.07, 6.45) is 0. The van der Waals surface area contributed by atoms with Crippen LogP contribution >= 0.6 is 45.8 Å². The highest BCUT2D eigenvalue weighted by Crippen LogP contribution is 2.18. The van der Waals surface area contributed by atoms with Gasteiger partial charge in [0, 0.05) is 3.57 Å². The number of hydrogen-bond donors (Lipinski definition) is 1. The second kappa shape index (κ2) is 5.02. The third-order valence-corrected chi connectivity index (χ3v) is 2.67. The molecule has 1 N–H and O–H groups in total. The molecule has 0 aliphatic carbocycles. The summed E-state index contributed by atoms with van der Waals surface area (Å²) < 4.78 is 0.947. The van der Waals surface area contributed by atoms with Crippen LogP contribution in [0.5, 0.6) is 0 Å². The molecule has 13 heavy (non-hydrogen) atoms. The lowest BCUT2D eigenvalue weighted by atomic mass is 10.3. The molecule has 0 radical (unpaired) electrons. The molecule has 0 saturated heterocycles. The summed E-state index contributed by atoms with van der Waals surface area (Å²) in [6, 6.07) is 7.38. The van der Waals surface area contributed by atoms with Gasteiger partial charge >= 0.3 is 0 Å². The third-order valence-electron chi connectivity index (χ3n) is 1.33. The fraction of sp³-hybridized carbons (Fsp3) is 0.125. The Morgan fingerprint density at radius 2 is 2.00 bits per heavy atom. The number of alkyl halides is 2. The molecular weight excluding hydrogens is 324 g/mol. The van der Waals surface area contributed by atoms with Gasteiger partial charge in [-0.15, -0.1) is 0 Å². The van der Waals surface area contributed by atoms with E-state index < -0.39 is 10.7 Å². The van der Waals surface area contributed by atoms with Crippen molar-refractivity contribution in [3.8, 4) is 0 Å². The van der Waals surface area contributed by atoms with E-state index in [0.29, 0.717) is 0 Å². The van der Waals surface area contributed by atoms with Crippen molar-refractivity contribution < 1.29 is 4.79 Å². The number of anilines is 1. The zero-order chi connectivity index (χ0) is 9.84. The van der Waals surface area contributed by atoms with Crippen molar-refractivity contribution in [3.63, 3.8) is 0 Å². The lowest BCUT2D eigenvalue weighted by molar-refractivity contribution is -0.114. The van der Waals surface area contributed by atoms with Gasteiger partial charge < -0.3 is 5.32 Å². The van der Waals surface area contributed by atoms with E-state index in [2.05, 4.69) is 27.9 Å². The van der Waals surface area contributed by atoms with Crippen molar-refractivity contribution in [1.82, 2.24) is 0 Å². The quantitative estimate of drug-likeness (QED) is 0.656. The fourth-order valence-corrected chi connectivity index (χ4v) is 1.38. The van der Waals surface area contributed by atoms with Gasteiger partial charge in [-0.2, -0.15) is 0 Å². The van der Waals surface area contributed by atoms with Gasteiger partial charge in [0.1, 0.15) is 0 Å². The van der Waals surface area contributed by atoms with E-state index in [4.69, 9.17) is 23.2 Å². The number of nitrogens with one attached hydrogen (secondary N) is 1. The lowest BCUT2D eigenvalue weighted by Gasteiger charge is -2.06. The SMILES string of the molecule is O=C(Nc1ccccc1I)C(Cl)Cl. The molecule has 0 aliphatic rings. The van der Waals surface area contributed by atoms with E-state index in [9.17, 15) is 4.79 Å². The Bertz CT molecular complexity index is 317. The minimum absolute atomic E-state index is 0.410. The highest BCUT2D eigenvalue weighted by atomic mass is 127. The predicted molar refractivity (Wildman–Crippen MR) is 63.3 cm³/mol. The molecule has 1 aromatic rings. The van der Waals surface area contributed by atoms with E-state index in [1.165, 1.54) is 0 Å². The lowest BCUT2D eigenvalue weighted by Crippen LogP contribution is -2.19. The number of para-hydroxylation sites is 1. The van der Waals surface area contributed by atoms with Crippen LogP contribution in [0.4, 0.5) is 5.69 Å². The van der Waals surface area contributed by atoms with Crippen LogP contribution in [-0.2, 0) is 4.79 Å².